The second kappa shape index (κ2) is 17.4. The van der Waals surface area contributed by atoms with Crippen LogP contribution in [0.3, 0.4) is 0 Å². The van der Waals surface area contributed by atoms with E-state index in [0.717, 1.165) is 0 Å². The molecule has 0 amide bonds. The van der Waals surface area contributed by atoms with Crippen LogP contribution in [0.2, 0.25) is 0 Å². The van der Waals surface area contributed by atoms with E-state index in [1.165, 1.54) is 6.42 Å². The predicted molar refractivity (Wildman–Crippen MR) is 58.5 cm³/mol. The van der Waals surface area contributed by atoms with Crippen LogP contribution >= 0.6 is 12.4 Å². The molecule has 0 spiro atoms. The third kappa shape index (κ3) is 16.7. The summed E-state index contributed by atoms with van der Waals surface area (Å²) >= 11 is 0. The molecule has 0 bridgehead atoms. The first-order valence-electron chi connectivity index (χ1n) is 3.60. The van der Waals surface area contributed by atoms with Crippen molar-refractivity contribution in [2.45, 2.75) is 20.3 Å². The Morgan fingerprint density at radius 1 is 1.17 bits per heavy atom. The van der Waals surface area contributed by atoms with Gasteiger partial charge in [-0.1, -0.05) is 6.92 Å². The molecule has 0 fully saturated rings. The van der Waals surface area contributed by atoms with Gasteiger partial charge in [-0.3, -0.25) is 0 Å². The Hall–Kier alpha value is 0.276. The van der Waals surface area contributed by atoms with E-state index in [2.05, 4.69) is 26.3 Å². The van der Waals surface area contributed by atoms with Crippen LogP contribution in [0.25, 0.3) is 0 Å². The second-order valence-electron chi connectivity index (χ2n) is 1.89. The molecule has 64 valence electrons. The van der Waals surface area contributed by atoms with Gasteiger partial charge >= 0.3 is 23.1 Å². The summed E-state index contributed by atoms with van der Waals surface area (Å²) in [7, 11) is 0. The standard InChI is InChI=1S/C6H5.C4H9.ClH.Mg/c1-2-4-6-5-3-1;1-3-4-2;;/h1-5H;3H,4H2,1-2H3;1H;/q2*-1;;+2. The van der Waals surface area contributed by atoms with E-state index in [-0.39, 0.29) is 35.5 Å². The first kappa shape index (κ1) is 18.1. The minimum atomic E-state index is 0. The van der Waals surface area contributed by atoms with Crippen molar-refractivity contribution in [1.29, 1.82) is 0 Å². The minimum Gasteiger partial charge on any atom is -0.332 e. The molecule has 0 saturated carbocycles. The van der Waals surface area contributed by atoms with Crippen LogP contribution in [-0.2, 0) is 0 Å². The Balaban J connectivity index is -0.000000124. The quantitative estimate of drug-likeness (QED) is 0.476. The summed E-state index contributed by atoms with van der Waals surface area (Å²) in [5, 5.41) is 0. The molecule has 12 heavy (non-hydrogen) atoms. The van der Waals surface area contributed by atoms with Crippen LogP contribution in [0.5, 0.6) is 0 Å². The number of hydrogen-bond acceptors (Lipinski definition) is 0. The summed E-state index contributed by atoms with van der Waals surface area (Å²) in [4.78, 5) is 0. The molecule has 0 saturated heterocycles. The second-order valence-corrected chi connectivity index (χ2v) is 1.89. The molecule has 0 unspecified atom stereocenters. The molecule has 2 heteroatoms. The van der Waals surface area contributed by atoms with Gasteiger partial charge in [-0.05, 0) is 0 Å². The maximum absolute atomic E-state index is 2.89. The molecule has 0 nitrogen and oxygen atoms in total. The van der Waals surface area contributed by atoms with Gasteiger partial charge in [-0.25, -0.2) is 0 Å². The monoisotopic (exact) mass is 194 g/mol. The van der Waals surface area contributed by atoms with E-state index in [4.69, 9.17) is 0 Å². The van der Waals surface area contributed by atoms with Gasteiger partial charge in [0.15, 0.2) is 0 Å². The van der Waals surface area contributed by atoms with Gasteiger partial charge in [0.25, 0.3) is 0 Å². The minimum absolute atomic E-state index is 0. The van der Waals surface area contributed by atoms with E-state index in [9.17, 15) is 0 Å². The Kier molecular flexibility index (Phi) is 26.3. The van der Waals surface area contributed by atoms with E-state index < -0.39 is 0 Å². The Bertz CT molecular complexity index is 102. The van der Waals surface area contributed by atoms with Gasteiger partial charge < -0.3 is 6.42 Å². The number of unbranched alkanes of at least 4 members (excludes halogenated alkanes) is 1. The molecule has 0 aromatic heterocycles. The Morgan fingerprint density at radius 3 is 1.67 bits per heavy atom. The van der Waals surface area contributed by atoms with Crippen molar-refractivity contribution in [2.24, 2.45) is 0 Å². The van der Waals surface area contributed by atoms with Crippen molar-refractivity contribution in [2.75, 3.05) is 0 Å². The fourth-order valence-corrected chi connectivity index (χ4v) is 0.342. The molecule has 1 aromatic rings. The number of halogens is 1. The predicted octanol–water partition coefficient (Wildman–Crippen LogP) is 3.15. The summed E-state index contributed by atoms with van der Waals surface area (Å²) in [5.41, 5.74) is 0. The summed E-state index contributed by atoms with van der Waals surface area (Å²) < 4.78 is 0. The van der Waals surface area contributed by atoms with E-state index >= 15 is 0 Å². The average molecular weight is 195 g/mol. The molecule has 0 aliphatic carbocycles. The molecule has 0 aliphatic rings. The molecule has 0 radical (unpaired) electrons. The molecule has 0 N–H and O–H groups in total. The van der Waals surface area contributed by atoms with Crippen molar-refractivity contribution >= 4 is 35.5 Å². The summed E-state index contributed by atoms with van der Waals surface area (Å²) in [6.45, 7) is 4.18. The largest absolute Gasteiger partial charge is 2.00 e. The van der Waals surface area contributed by atoms with Crippen LogP contribution in [0.1, 0.15) is 20.3 Å². The van der Waals surface area contributed by atoms with Gasteiger partial charge in [0.2, 0.25) is 0 Å². The number of benzene rings is 1. The smallest absolute Gasteiger partial charge is 0.332 e. The van der Waals surface area contributed by atoms with Crippen molar-refractivity contribution in [3.63, 3.8) is 0 Å². The molecule has 1 rings (SSSR count). The summed E-state index contributed by atoms with van der Waals surface area (Å²) in [6, 6.07) is 12.5. The zero-order valence-electron chi connectivity index (χ0n) is 7.79. The SMILES string of the molecule is C[CH-]CC.Cl.[Mg+2].[c-]1ccccc1. The molecule has 0 atom stereocenters. The number of rotatable bonds is 1. The van der Waals surface area contributed by atoms with Crippen molar-refractivity contribution in [1.82, 2.24) is 0 Å². The fourth-order valence-electron chi connectivity index (χ4n) is 0.342. The molecule has 0 aliphatic heterocycles. The maximum Gasteiger partial charge on any atom is 2.00 e. The molecular formula is C10H15ClMg. The van der Waals surface area contributed by atoms with Crippen LogP contribution in [0, 0.1) is 12.5 Å². The third-order valence-corrected chi connectivity index (χ3v) is 1.02. The topological polar surface area (TPSA) is 0 Å². The third-order valence-electron chi connectivity index (χ3n) is 1.02. The maximum atomic E-state index is 2.89. The first-order valence-corrected chi connectivity index (χ1v) is 3.60. The Labute approximate surface area is 98.3 Å². The van der Waals surface area contributed by atoms with Crippen LogP contribution in [0.4, 0.5) is 0 Å². The van der Waals surface area contributed by atoms with Crippen LogP contribution in [-0.4, -0.2) is 23.1 Å². The van der Waals surface area contributed by atoms with Crippen molar-refractivity contribution in [3.8, 4) is 0 Å². The van der Waals surface area contributed by atoms with Gasteiger partial charge in [0, 0.05) is 0 Å². The zero-order chi connectivity index (χ0) is 7.66. The van der Waals surface area contributed by atoms with E-state index in [1.807, 2.05) is 30.3 Å². The van der Waals surface area contributed by atoms with Crippen LogP contribution < -0.4 is 0 Å². The molecule has 1 aromatic carbocycles. The van der Waals surface area contributed by atoms with Gasteiger partial charge in [-0.2, -0.15) is 49.7 Å². The average Bonchev–Trinajstić information content (AvgIpc) is 2.08. The first-order chi connectivity index (χ1) is 4.91. The summed E-state index contributed by atoms with van der Waals surface area (Å²) in [6.07, 6.45) is 3.32. The Morgan fingerprint density at radius 2 is 1.58 bits per heavy atom. The van der Waals surface area contributed by atoms with Gasteiger partial charge in [0.05, 0.1) is 0 Å². The molecule has 0 heterocycles. The fraction of sp³-hybridized carbons (Fsp3) is 0.300. The number of hydrogen-bond donors (Lipinski definition) is 0. The van der Waals surface area contributed by atoms with E-state index in [0.29, 0.717) is 0 Å². The molecular weight excluding hydrogens is 180 g/mol. The summed E-state index contributed by atoms with van der Waals surface area (Å²) in [5.74, 6) is 0. The normalized spacial score (nSPS) is 6.50. The van der Waals surface area contributed by atoms with Gasteiger partial charge in [0.1, 0.15) is 0 Å². The van der Waals surface area contributed by atoms with Gasteiger partial charge in [-0.15, -0.1) is 12.4 Å². The van der Waals surface area contributed by atoms with E-state index in [1.54, 1.807) is 0 Å². The van der Waals surface area contributed by atoms with Crippen molar-refractivity contribution < 1.29 is 0 Å². The zero-order valence-corrected chi connectivity index (χ0v) is 10.0. The van der Waals surface area contributed by atoms with Crippen molar-refractivity contribution in [3.05, 3.63) is 42.8 Å². The van der Waals surface area contributed by atoms with Crippen LogP contribution in [0.15, 0.2) is 30.3 Å².